The van der Waals surface area contributed by atoms with Crippen LogP contribution in [0.2, 0.25) is 0 Å². The van der Waals surface area contributed by atoms with E-state index in [-0.39, 0.29) is 10.8 Å². The molecule has 1 N–H and O–H groups in total. The molecule has 1 aliphatic carbocycles. The van der Waals surface area contributed by atoms with Gasteiger partial charge in [0.25, 0.3) is 5.56 Å². The number of aromatic nitrogens is 5. The zero-order chi connectivity index (χ0) is 22.1. The molecule has 1 aliphatic rings. The molecule has 7 nitrogen and oxygen atoms in total. The number of rotatable bonds is 7. The normalized spacial score (nSPS) is 15.9. The fourth-order valence-electron chi connectivity index (χ4n) is 4.34. The van der Waals surface area contributed by atoms with Gasteiger partial charge in [0.15, 0.2) is 5.16 Å². The maximum atomic E-state index is 12.9. The summed E-state index contributed by atoms with van der Waals surface area (Å²) in [5.41, 5.74) is 0.624. The number of thioether (sulfide) groups is 1. The van der Waals surface area contributed by atoms with Gasteiger partial charge < -0.3 is 14.0 Å². The van der Waals surface area contributed by atoms with Crippen molar-refractivity contribution in [2.24, 2.45) is 0 Å². The minimum Gasteiger partial charge on any atom is -0.464 e. The molecule has 0 amide bonds. The van der Waals surface area contributed by atoms with Crippen molar-refractivity contribution in [2.75, 3.05) is 0 Å². The fraction of sp³-hybridized carbons (Fsp3) is 0.391. The molecule has 9 heteroatoms. The highest BCUT2D eigenvalue weighted by molar-refractivity contribution is 7.99. The molecule has 1 atom stereocenters. The van der Waals surface area contributed by atoms with Gasteiger partial charge >= 0.3 is 0 Å². The Morgan fingerprint density at radius 2 is 2.22 bits per heavy atom. The van der Waals surface area contributed by atoms with E-state index in [1.54, 1.807) is 18.0 Å². The van der Waals surface area contributed by atoms with Gasteiger partial charge in [-0.3, -0.25) is 4.79 Å². The second-order valence-corrected chi connectivity index (χ2v) is 10.3. The first-order chi connectivity index (χ1) is 15.7. The summed E-state index contributed by atoms with van der Waals surface area (Å²) in [7, 11) is 0. The van der Waals surface area contributed by atoms with Crippen molar-refractivity contribution in [3.05, 3.63) is 58.4 Å². The first kappa shape index (κ1) is 21.2. The molecular formula is C23H25N5O2S2. The first-order valence-electron chi connectivity index (χ1n) is 10.9. The second kappa shape index (κ2) is 9.07. The van der Waals surface area contributed by atoms with E-state index >= 15 is 0 Å². The third-order valence-electron chi connectivity index (χ3n) is 5.94. The van der Waals surface area contributed by atoms with Crippen LogP contribution < -0.4 is 5.56 Å². The Hall–Kier alpha value is -2.65. The highest BCUT2D eigenvalue weighted by atomic mass is 32.2. The number of thiophene rings is 1. The molecule has 5 rings (SSSR count). The number of furan rings is 1. The molecule has 166 valence electrons. The molecule has 1 saturated carbocycles. The number of aromatic amines is 1. The lowest BCUT2D eigenvalue weighted by Gasteiger charge is -2.21. The summed E-state index contributed by atoms with van der Waals surface area (Å²) in [6.45, 7) is 6.62. The van der Waals surface area contributed by atoms with Crippen molar-refractivity contribution in [3.63, 3.8) is 0 Å². The molecule has 0 spiro atoms. The van der Waals surface area contributed by atoms with Crippen LogP contribution in [0.3, 0.4) is 0 Å². The van der Waals surface area contributed by atoms with E-state index in [4.69, 9.17) is 9.40 Å². The lowest BCUT2D eigenvalue weighted by molar-refractivity contribution is 0.415. The second-order valence-electron chi connectivity index (χ2n) is 8.09. The third-order valence-corrected chi connectivity index (χ3v) is 7.91. The van der Waals surface area contributed by atoms with Crippen LogP contribution in [0.4, 0.5) is 0 Å². The number of H-pyrrole nitrogens is 1. The Morgan fingerprint density at radius 3 is 2.97 bits per heavy atom. The average molecular weight is 468 g/mol. The first-order valence-corrected chi connectivity index (χ1v) is 12.7. The van der Waals surface area contributed by atoms with Crippen molar-refractivity contribution in [2.45, 2.75) is 61.9 Å². The van der Waals surface area contributed by atoms with Gasteiger partial charge in [-0.25, -0.2) is 4.98 Å². The van der Waals surface area contributed by atoms with Crippen molar-refractivity contribution < 1.29 is 4.42 Å². The monoisotopic (exact) mass is 467 g/mol. The Morgan fingerprint density at radius 1 is 1.38 bits per heavy atom. The largest absolute Gasteiger partial charge is 0.464 e. The van der Waals surface area contributed by atoms with Crippen LogP contribution in [0.5, 0.6) is 0 Å². The summed E-state index contributed by atoms with van der Waals surface area (Å²) in [6, 6.07) is 3.66. The molecule has 0 bridgehead atoms. The van der Waals surface area contributed by atoms with Crippen molar-refractivity contribution in [3.8, 4) is 11.3 Å². The van der Waals surface area contributed by atoms with Gasteiger partial charge in [-0.1, -0.05) is 37.1 Å². The lowest BCUT2D eigenvalue weighted by Crippen LogP contribution is -2.14. The quantitative estimate of drug-likeness (QED) is 0.268. The summed E-state index contributed by atoms with van der Waals surface area (Å²) in [5.74, 6) is 2.82. The van der Waals surface area contributed by atoms with Crippen LogP contribution in [0.25, 0.3) is 21.5 Å². The van der Waals surface area contributed by atoms with Crippen LogP contribution >= 0.6 is 23.1 Å². The summed E-state index contributed by atoms with van der Waals surface area (Å²) < 4.78 is 7.65. The van der Waals surface area contributed by atoms with Crippen molar-refractivity contribution in [1.82, 2.24) is 24.7 Å². The Kier molecular flexibility index (Phi) is 6.01. The third kappa shape index (κ3) is 3.95. The maximum Gasteiger partial charge on any atom is 0.260 e. The van der Waals surface area contributed by atoms with Crippen LogP contribution in [-0.2, 0) is 6.54 Å². The zero-order valence-electron chi connectivity index (χ0n) is 17.9. The molecule has 0 radical (unpaired) electrons. The van der Waals surface area contributed by atoms with Gasteiger partial charge in [-0.05, 0) is 31.9 Å². The van der Waals surface area contributed by atoms with E-state index in [9.17, 15) is 4.79 Å². The Bertz CT molecular complexity index is 1280. The molecular weight excluding hydrogens is 442 g/mol. The lowest BCUT2D eigenvalue weighted by atomic mass is 9.89. The van der Waals surface area contributed by atoms with Crippen LogP contribution in [0.15, 0.2) is 50.8 Å². The highest BCUT2D eigenvalue weighted by Crippen LogP contribution is 2.38. The van der Waals surface area contributed by atoms with Gasteiger partial charge in [0.2, 0.25) is 0 Å². The Balaban J connectivity index is 1.44. The van der Waals surface area contributed by atoms with Gasteiger partial charge in [0, 0.05) is 23.4 Å². The fourth-order valence-corrected chi connectivity index (χ4v) is 6.19. The molecule has 4 aromatic rings. The van der Waals surface area contributed by atoms with E-state index in [1.165, 1.54) is 30.6 Å². The number of hydrogen-bond donors (Lipinski definition) is 1. The van der Waals surface area contributed by atoms with E-state index in [2.05, 4.69) is 26.3 Å². The minimum absolute atomic E-state index is 0.0896. The SMILES string of the molecule is C=CCn1c(SC(C)c2nc3scc(-c4ccco4)c3c(=O)[nH]2)nnc1C1CCCCC1. The predicted molar refractivity (Wildman–Crippen MR) is 128 cm³/mol. The number of hydrogen-bond acceptors (Lipinski definition) is 7. The van der Waals surface area contributed by atoms with Crippen LogP contribution in [0.1, 0.15) is 61.8 Å². The van der Waals surface area contributed by atoms with E-state index in [1.807, 2.05) is 30.5 Å². The summed E-state index contributed by atoms with van der Waals surface area (Å²) >= 11 is 3.02. The minimum atomic E-state index is -0.152. The van der Waals surface area contributed by atoms with Gasteiger partial charge in [0.1, 0.15) is 22.2 Å². The molecule has 4 aromatic heterocycles. The van der Waals surface area contributed by atoms with Crippen LogP contribution in [-0.4, -0.2) is 24.7 Å². The average Bonchev–Trinajstić information content (AvgIpc) is 3.55. The molecule has 32 heavy (non-hydrogen) atoms. The molecule has 0 aromatic carbocycles. The molecule has 1 unspecified atom stereocenters. The molecule has 1 fully saturated rings. The van der Waals surface area contributed by atoms with Gasteiger partial charge in [-0.2, -0.15) is 0 Å². The van der Waals surface area contributed by atoms with E-state index < -0.39 is 0 Å². The highest BCUT2D eigenvalue weighted by Gasteiger charge is 2.25. The number of nitrogens with zero attached hydrogens (tertiary/aromatic N) is 4. The van der Waals surface area contributed by atoms with Gasteiger partial charge in [0.05, 0.1) is 16.9 Å². The van der Waals surface area contributed by atoms with E-state index in [0.29, 0.717) is 34.3 Å². The molecule has 0 aliphatic heterocycles. The molecule has 0 saturated heterocycles. The summed E-state index contributed by atoms with van der Waals surface area (Å²) in [6.07, 6.45) is 9.62. The van der Waals surface area contributed by atoms with E-state index in [0.717, 1.165) is 29.4 Å². The standard InChI is InChI=1S/C23H25N5O2S2/c1-3-11-28-20(15-8-5-4-6-9-15)26-27-23(28)32-14(2)19-24-21(29)18-16(13-31-22(18)25-19)17-10-7-12-30-17/h3,7,10,12-15H,1,4-6,8-9,11H2,2H3,(H,24,25,29). The predicted octanol–water partition coefficient (Wildman–Crippen LogP) is 5.92. The number of fused-ring (bicyclic) bond motifs is 1. The number of allylic oxidation sites excluding steroid dienone is 1. The topological polar surface area (TPSA) is 89.6 Å². The smallest absolute Gasteiger partial charge is 0.260 e. The van der Waals surface area contributed by atoms with Crippen molar-refractivity contribution >= 4 is 33.3 Å². The van der Waals surface area contributed by atoms with Crippen molar-refractivity contribution in [1.29, 1.82) is 0 Å². The maximum absolute atomic E-state index is 12.9. The summed E-state index contributed by atoms with van der Waals surface area (Å²) in [4.78, 5) is 21.4. The Labute approximate surface area is 194 Å². The van der Waals surface area contributed by atoms with Crippen LogP contribution in [0, 0.1) is 0 Å². The number of nitrogens with one attached hydrogen (secondary N) is 1. The molecule has 4 heterocycles. The summed E-state index contributed by atoms with van der Waals surface area (Å²) in [5, 5.41) is 12.3. The zero-order valence-corrected chi connectivity index (χ0v) is 19.5. The van der Waals surface area contributed by atoms with Gasteiger partial charge in [-0.15, -0.1) is 28.1 Å².